The molecule has 0 fully saturated rings. The normalized spacial score (nSPS) is 12.8. The van der Waals surface area contributed by atoms with Crippen LogP contribution in [0.3, 0.4) is 0 Å². The molecular formula is C13H31N3O3S. The average molecular weight is 309 g/mol. The molecule has 0 spiro atoms. The third kappa shape index (κ3) is 8.16. The van der Waals surface area contributed by atoms with Gasteiger partial charge in [-0.15, -0.1) is 0 Å². The van der Waals surface area contributed by atoms with Crippen LogP contribution in [-0.4, -0.2) is 70.0 Å². The summed E-state index contributed by atoms with van der Waals surface area (Å²) < 4.78 is 32.5. The Morgan fingerprint density at radius 2 is 1.70 bits per heavy atom. The summed E-state index contributed by atoms with van der Waals surface area (Å²) in [5.41, 5.74) is 0. The van der Waals surface area contributed by atoms with Gasteiger partial charge in [0.25, 0.3) is 10.2 Å². The molecule has 0 aliphatic rings. The number of nitrogens with one attached hydrogen (secondary N) is 1. The van der Waals surface area contributed by atoms with Crippen LogP contribution >= 0.6 is 0 Å². The van der Waals surface area contributed by atoms with Crippen molar-refractivity contribution in [3.63, 3.8) is 0 Å². The first-order valence-electron chi connectivity index (χ1n) is 7.32. The number of ether oxygens (including phenoxy) is 1. The second-order valence-corrected chi connectivity index (χ2v) is 7.32. The highest BCUT2D eigenvalue weighted by Gasteiger charge is 2.22. The monoisotopic (exact) mass is 309 g/mol. The molecule has 0 aromatic carbocycles. The minimum atomic E-state index is -3.37. The number of rotatable bonds is 12. The molecule has 0 radical (unpaired) electrons. The summed E-state index contributed by atoms with van der Waals surface area (Å²) in [6, 6.07) is 0. The fraction of sp³-hybridized carbons (Fsp3) is 1.00. The lowest BCUT2D eigenvalue weighted by atomic mass is 10.4. The summed E-state index contributed by atoms with van der Waals surface area (Å²) in [7, 11) is -0.163. The Morgan fingerprint density at radius 3 is 2.25 bits per heavy atom. The van der Waals surface area contributed by atoms with E-state index in [1.54, 1.807) is 14.1 Å². The van der Waals surface area contributed by atoms with Gasteiger partial charge in [-0.05, 0) is 39.8 Å². The van der Waals surface area contributed by atoms with Crippen LogP contribution in [0.15, 0.2) is 0 Å². The maximum atomic E-state index is 12.2. The Labute approximate surface area is 124 Å². The van der Waals surface area contributed by atoms with Gasteiger partial charge in [0, 0.05) is 27.2 Å². The summed E-state index contributed by atoms with van der Waals surface area (Å²) in [5.74, 6) is 0. The molecule has 122 valence electrons. The van der Waals surface area contributed by atoms with Crippen LogP contribution in [0.2, 0.25) is 0 Å². The smallest absolute Gasteiger partial charge is 0.281 e. The van der Waals surface area contributed by atoms with E-state index in [9.17, 15) is 8.42 Å². The minimum absolute atomic E-state index is 0.119. The van der Waals surface area contributed by atoms with E-state index < -0.39 is 10.2 Å². The lowest BCUT2D eigenvalue weighted by molar-refractivity contribution is 0.0731. The fourth-order valence-electron chi connectivity index (χ4n) is 1.61. The number of hydrogen-bond acceptors (Lipinski definition) is 4. The van der Waals surface area contributed by atoms with Gasteiger partial charge in [-0.2, -0.15) is 17.0 Å². The van der Waals surface area contributed by atoms with Gasteiger partial charge in [-0.3, -0.25) is 0 Å². The summed E-state index contributed by atoms with van der Waals surface area (Å²) in [6.07, 6.45) is 2.02. The van der Waals surface area contributed by atoms with E-state index in [2.05, 4.69) is 12.2 Å². The first-order chi connectivity index (χ1) is 9.32. The van der Waals surface area contributed by atoms with Crippen molar-refractivity contribution in [3.05, 3.63) is 0 Å². The van der Waals surface area contributed by atoms with E-state index in [1.807, 2.05) is 13.8 Å². The van der Waals surface area contributed by atoms with Gasteiger partial charge >= 0.3 is 0 Å². The quantitative estimate of drug-likeness (QED) is 0.544. The molecule has 7 heteroatoms. The van der Waals surface area contributed by atoms with Crippen LogP contribution in [0.4, 0.5) is 0 Å². The molecule has 0 saturated carbocycles. The van der Waals surface area contributed by atoms with Crippen molar-refractivity contribution >= 4 is 10.2 Å². The molecular weight excluding hydrogens is 278 g/mol. The van der Waals surface area contributed by atoms with E-state index >= 15 is 0 Å². The maximum absolute atomic E-state index is 12.2. The van der Waals surface area contributed by atoms with E-state index in [0.29, 0.717) is 19.7 Å². The minimum Gasteiger partial charge on any atom is -0.377 e. The number of nitrogens with zero attached hydrogens (tertiary/aromatic N) is 2. The largest absolute Gasteiger partial charge is 0.377 e. The zero-order valence-corrected chi connectivity index (χ0v) is 14.4. The fourth-order valence-corrected chi connectivity index (χ4v) is 2.76. The predicted molar refractivity (Wildman–Crippen MR) is 83.0 cm³/mol. The average Bonchev–Trinajstić information content (AvgIpc) is 2.37. The van der Waals surface area contributed by atoms with Gasteiger partial charge in [0.1, 0.15) is 0 Å². The van der Waals surface area contributed by atoms with E-state index in [-0.39, 0.29) is 6.10 Å². The van der Waals surface area contributed by atoms with Crippen LogP contribution in [0.5, 0.6) is 0 Å². The second-order valence-electron chi connectivity index (χ2n) is 5.17. The lowest BCUT2D eigenvalue weighted by Crippen LogP contribution is -2.42. The van der Waals surface area contributed by atoms with Crippen molar-refractivity contribution in [2.24, 2.45) is 0 Å². The Morgan fingerprint density at radius 1 is 1.10 bits per heavy atom. The van der Waals surface area contributed by atoms with Crippen LogP contribution in [0.1, 0.15) is 33.6 Å². The van der Waals surface area contributed by atoms with Crippen molar-refractivity contribution in [2.75, 3.05) is 46.9 Å². The highest BCUT2D eigenvalue weighted by molar-refractivity contribution is 7.86. The molecule has 0 aliphatic heterocycles. The van der Waals surface area contributed by atoms with Gasteiger partial charge in [-0.25, -0.2) is 0 Å². The van der Waals surface area contributed by atoms with Crippen LogP contribution in [0.25, 0.3) is 0 Å². The summed E-state index contributed by atoms with van der Waals surface area (Å²) >= 11 is 0. The molecule has 0 atom stereocenters. The summed E-state index contributed by atoms with van der Waals surface area (Å²) in [4.78, 5) is 0. The molecule has 20 heavy (non-hydrogen) atoms. The van der Waals surface area contributed by atoms with E-state index in [4.69, 9.17) is 4.74 Å². The molecule has 0 amide bonds. The van der Waals surface area contributed by atoms with Crippen molar-refractivity contribution in [2.45, 2.75) is 39.7 Å². The first kappa shape index (κ1) is 19.8. The third-order valence-corrected chi connectivity index (χ3v) is 4.84. The van der Waals surface area contributed by atoms with Gasteiger partial charge in [0.05, 0.1) is 12.7 Å². The topological polar surface area (TPSA) is 61.9 Å². The van der Waals surface area contributed by atoms with Gasteiger partial charge in [-0.1, -0.05) is 6.92 Å². The maximum Gasteiger partial charge on any atom is 0.281 e. The molecule has 0 aromatic heterocycles. The number of hydrogen-bond donors (Lipinski definition) is 1. The summed E-state index contributed by atoms with van der Waals surface area (Å²) in [5, 5.41) is 3.26. The van der Waals surface area contributed by atoms with Crippen LogP contribution in [0, 0.1) is 0 Å². The van der Waals surface area contributed by atoms with E-state index in [0.717, 1.165) is 25.9 Å². The molecule has 0 rings (SSSR count). The first-order valence-corrected chi connectivity index (χ1v) is 8.72. The van der Waals surface area contributed by atoms with Gasteiger partial charge < -0.3 is 10.1 Å². The second kappa shape index (κ2) is 10.5. The van der Waals surface area contributed by atoms with Crippen molar-refractivity contribution in [1.29, 1.82) is 0 Å². The molecule has 0 unspecified atom stereocenters. The molecule has 0 aromatic rings. The van der Waals surface area contributed by atoms with E-state index in [1.165, 1.54) is 8.61 Å². The summed E-state index contributed by atoms with van der Waals surface area (Å²) in [6.45, 7) is 9.11. The van der Waals surface area contributed by atoms with Gasteiger partial charge in [0.2, 0.25) is 0 Å². The molecule has 0 heterocycles. The molecule has 0 aliphatic carbocycles. The van der Waals surface area contributed by atoms with Gasteiger partial charge in [0.15, 0.2) is 0 Å². The zero-order valence-electron chi connectivity index (χ0n) is 13.6. The molecule has 6 nitrogen and oxygen atoms in total. The standard InChI is InChI=1S/C13H31N3O3S/c1-6-8-14-9-7-10-15(4)20(17,18)16(5)11-12-19-13(2)3/h13-14H,6-12H2,1-5H3. The van der Waals surface area contributed by atoms with Crippen molar-refractivity contribution in [3.8, 4) is 0 Å². The molecule has 0 saturated heterocycles. The Bertz CT molecular complexity index is 334. The lowest BCUT2D eigenvalue weighted by Gasteiger charge is -2.24. The Kier molecular flexibility index (Phi) is 10.4. The Balaban J connectivity index is 4.05. The zero-order chi connectivity index (χ0) is 15.6. The molecule has 0 bridgehead atoms. The van der Waals surface area contributed by atoms with Crippen molar-refractivity contribution in [1.82, 2.24) is 13.9 Å². The highest BCUT2D eigenvalue weighted by Crippen LogP contribution is 2.04. The highest BCUT2D eigenvalue weighted by atomic mass is 32.2. The Hall–Kier alpha value is -0.210. The predicted octanol–water partition coefficient (Wildman–Crippen LogP) is 0.910. The van der Waals surface area contributed by atoms with Crippen LogP contribution < -0.4 is 5.32 Å². The molecule has 1 N–H and O–H groups in total. The number of likely N-dealkylation sites (N-methyl/N-ethyl adjacent to an activating group) is 1. The van der Waals surface area contributed by atoms with Crippen LogP contribution in [-0.2, 0) is 14.9 Å². The third-order valence-electron chi connectivity index (χ3n) is 2.90. The SMILES string of the molecule is CCCNCCCN(C)S(=O)(=O)N(C)CCOC(C)C. The van der Waals surface area contributed by atoms with Crippen molar-refractivity contribution < 1.29 is 13.2 Å².